The zero-order valence-electron chi connectivity index (χ0n) is 17.7. The normalized spacial score (nSPS) is 19.2. The predicted octanol–water partition coefficient (Wildman–Crippen LogP) is 4.50. The Morgan fingerprint density at radius 1 is 1.23 bits per heavy atom. The van der Waals surface area contributed by atoms with Crippen LogP contribution in [0.1, 0.15) is 38.2 Å². The van der Waals surface area contributed by atoms with E-state index in [0.717, 1.165) is 30.6 Å². The van der Waals surface area contributed by atoms with E-state index in [1.54, 1.807) is 6.07 Å². The lowest BCUT2D eigenvalue weighted by Gasteiger charge is -2.26. The van der Waals surface area contributed by atoms with Crippen molar-refractivity contribution in [2.45, 2.75) is 45.4 Å². The molecule has 1 unspecified atom stereocenters. The molecule has 1 fully saturated rings. The van der Waals surface area contributed by atoms with E-state index in [1.165, 1.54) is 10.5 Å². The molecule has 2 N–H and O–H groups in total. The zero-order valence-corrected chi connectivity index (χ0v) is 20.0. The molecule has 4 rings (SSSR count). The number of aliphatic hydroxyl groups is 1. The highest BCUT2D eigenvalue weighted by Crippen LogP contribution is 2.33. The summed E-state index contributed by atoms with van der Waals surface area (Å²) in [6.45, 7) is 6.63. The van der Waals surface area contributed by atoms with E-state index in [0.29, 0.717) is 39.8 Å². The molecular weight excluding hydrogens is 451 g/mol. The zero-order chi connectivity index (χ0) is 22.1. The fourth-order valence-corrected chi connectivity index (χ4v) is 5.02. The van der Waals surface area contributed by atoms with Gasteiger partial charge in [-0.2, -0.15) is 4.68 Å². The van der Waals surface area contributed by atoms with Gasteiger partial charge < -0.3 is 10.0 Å². The maximum absolute atomic E-state index is 10.1. The van der Waals surface area contributed by atoms with Gasteiger partial charge in [0, 0.05) is 10.6 Å². The summed E-state index contributed by atoms with van der Waals surface area (Å²) in [7, 11) is 0. The Morgan fingerprint density at radius 3 is 2.71 bits per heavy atom. The molecule has 0 bridgehead atoms. The third-order valence-corrected chi connectivity index (χ3v) is 6.72. The molecule has 2 atom stereocenters. The molecule has 1 aliphatic heterocycles. The third-order valence-electron chi connectivity index (χ3n) is 5.78. The minimum Gasteiger partial charge on any atom is -0.387 e. The predicted molar refractivity (Wildman–Crippen MR) is 128 cm³/mol. The fraction of sp³-hybridized carbons (Fsp3) is 0.391. The number of likely N-dealkylation sites (tertiary alicyclic amines) is 1. The third kappa shape index (κ3) is 4.73. The first-order chi connectivity index (χ1) is 14.8. The Hall–Kier alpha value is -1.70. The molecule has 0 aliphatic carbocycles. The maximum atomic E-state index is 10.1. The summed E-state index contributed by atoms with van der Waals surface area (Å²) in [5, 5.41) is 16.1. The SMILES string of the molecule is CC(C)c1ccccc1-n1c(-c2ccc(Cl)cc2Cl)nn(C[NH+]2CCC[C@@H](O)C2)c1=S. The lowest BCUT2D eigenvalue weighted by atomic mass is 10.0. The minimum absolute atomic E-state index is 0.271. The van der Waals surface area contributed by atoms with Crippen molar-refractivity contribution in [1.29, 1.82) is 0 Å². The van der Waals surface area contributed by atoms with Gasteiger partial charge in [-0.25, -0.2) is 0 Å². The van der Waals surface area contributed by atoms with E-state index in [2.05, 4.69) is 26.0 Å². The van der Waals surface area contributed by atoms with Gasteiger partial charge >= 0.3 is 0 Å². The number of aliphatic hydroxyl groups excluding tert-OH is 1. The fourth-order valence-electron chi connectivity index (χ4n) is 4.23. The second-order valence-electron chi connectivity index (χ2n) is 8.44. The van der Waals surface area contributed by atoms with Crippen molar-refractivity contribution in [3.63, 3.8) is 0 Å². The molecule has 1 aromatic heterocycles. The van der Waals surface area contributed by atoms with Gasteiger partial charge in [0.05, 0.1) is 17.3 Å². The van der Waals surface area contributed by atoms with Crippen LogP contribution in [0.5, 0.6) is 0 Å². The Morgan fingerprint density at radius 2 is 2.00 bits per heavy atom. The molecule has 0 spiro atoms. The highest BCUT2D eigenvalue weighted by Gasteiger charge is 2.25. The summed E-state index contributed by atoms with van der Waals surface area (Å²) < 4.78 is 4.49. The molecular formula is C23H27Cl2N4OS+. The van der Waals surface area contributed by atoms with Crippen LogP contribution in [0.2, 0.25) is 10.0 Å². The minimum atomic E-state index is -0.271. The van der Waals surface area contributed by atoms with Crippen molar-refractivity contribution in [2.24, 2.45) is 0 Å². The lowest BCUT2D eigenvalue weighted by molar-refractivity contribution is -0.931. The molecule has 8 heteroatoms. The summed E-state index contributed by atoms with van der Waals surface area (Å²) in [5.74, 6) is 1.01. The van der Waals surface area contributed by atoms with Gasteiger partial charge in [-0.3, -0.25) is 4.57 Å². The van der Waals surface area contributed by atoms with Crippen LogP contribution in [0.15, 0.2) is 42.5 Å². The van der Waals surface area contributed by atoms with Crippen molar-refractivity contribution in [3.8, 4) is 17.1 Å². The largest absolute Gasteiger partial charge is 0.387 e. The van der Waals surface area contributed by atoms with E-state index >= 15 is 0 Å². The van der Waals surface area contributed by atoms with Gasteiger partial charge in [0.15, 0.2) is 12.5 Å². The molecule has 1 aliphatic rings. The van der Waals surface area contributed by atoms with Crippen LogP contribution in [0.4, 0.5) is 0 Å². The number of aromatic nitrogens is 3. The van der Waals surface area contributed by atoms with Gasteiger partial charge in [-0.05, 0) is 60.8 Å². The van der Waals surface area contributed by atoms with E-state index in [1.807, 2.05) is 33.5 Å². The molecule has 3 aromatic rings. The molecule has 0 amide bonds. The smallest absolute Gasteiger partial charge is 0.207 e. The summed E-state index contributed by atoms with van der Waals surface area (Å²) in [5.41, 5.74) is 2.97. The number of hydrogen-bond donors (Lipinski definition) is 2. The Kier molecular flexibility index (Phi) is 6.84. The van der Waals surface area contributed by atoms with Crippen LogP contribution in [0, 0.1) is 4.77 Å². The number of benzene rings is 2. The molecule has 0 radical (unpaired) electrons. The van der Waals surface area contributed by atoms with Gasteiger partial charge in [-0.1, -0.05) is 55.2 Å². The van der Waals surface area contributed by atoms with Crippen molar-refractivity contribution in [3.05, 3.63) is 62.8 Å². The first kappa shape index (κ1) is 22.5. The second kappa shape index (κ2) is 9.43. The van der Waals surface area contributed by atoms with Crippen LogP contribution in [0.25, 0.3) is 17.1 Å². The van der Waals surface area contributed by atoms with E-state index in [-0.39, 0.29) is 6.10 Å². The van der Waals surface area contributed by atoms with Crippen molar-refractivity contribution in [1.82, 2.24) is 14.3 Å². The molecule has 2 aromatic carbocycles. The van der Waals surface area contributed by atoms with Gasteiger partial charge in [-0.15, -0.1) is 5.10 Å². The topological polar surface area (TPSA) is 47.4 Å². The van der Waals surface area contributed by atoms with Crippen LogP contribution >= 0.6 is 35.4 Å². The average molecular weight is 478 g/mol. The number of piperidine rings is 1. The number of hydrogen-bond acceptors (Lipinski definition) is 3. The van der Waals surface area contributed by atoms with Crippen molar-refractivity contribution >= 4 is 35.4 Å². The van der Waals surface area contributed by atoms with Crippen molar-refractivity contribution < 1.29 is 10.0 Å². The number of nitrogens with zero attached hydrogens (tertiary/aromatic N) is 3. The molecule has 5 nitrogen and oxygen atoms in total. The standard InChI is InChI=1S/C23H26Cl2N4OS/c1-15(2)18-7-3-4-8-21(18)29-22(19-10-9-16(24)12-20(19)25)26-28(23(29)31)14-27-11-5-6-17(30)13-27/h3-4,7-10,12,15,17,30H,5-6,11,13-14H2,1-2H3/p+1/t17-/m1/s1. The maximum Gasteiger partial charge on any atom is 0.207 e. The van der Waals surface area contributed by atoms with Gasteiger partial charge in [0.25, 0.3) is 0 Å². The Balaban J connectivity index is 1.88. The molecule has 1 saturated heterocycles. The van der Waals surface area contributed by atoms with Crippen LogP contribution < -0.4 is 4.90 Å². The number of para-hydroxylation sites is 1. The van der Waals surface area contributed by atoms with Crippen LogP contribution in [-0.2, 0) is 6.67 Å². The monoisotopic (exact) mass is 477 g/mol. The summed E-state index contributed by atoms with van der Waals surface area (Å²) in [6.07, 6.45) is 1.58. The molecule has 2 heterocycles. The van der Waals surface area contributed by atoms with E-state index in [9.17, 15) is 5.11 Å². The average Bonchev–Trinajstić information content (AvgIpc) is 3.03. The summed E-state index contributed by atoms with van der Waals surface area (Å²) >= 11 is 18.6. The highest BCUT2D eigenvalue weighted by atomic mass is 35.5. The van der Waals surface area contributed by atoms with E-state index in [4.69, 9.17) is 40.5 Å². The molecule has 31 heavy (non-hydrogen) atoms. The number of quaternary nitrogens is 1. The Bertz CT molecular complexity index is 1140. The van der Waals surface area contributed by atoms with Crippen molar-refractivity contribution in [2.75, 3.05) is 13.1 Å². The first-order valence-corrected chi connectivity index (χ1v) is 11.8. The molecule has 164 valence electrons. The number of rotatable bonds is 5. The van der Waals surface area contributed by atoms with Gasteiger partial charge in [0.1, 0.15) is 12.6 Å². The molecule has 0 saturated carbocycles. The second-order valence-corrected chi connectivity index (χ2v) is 9.65. The van der Waals surface area contributed by atoms with E-state index < -0.39 is 0 Å². The summed E-state index contributed by atoms with van der Waals surface area (Å²) in [4.78, 5) is 1.27. The number of halogens is 2. The highest BCUT2D eigenvalue weighted by molar-refractivity contribution is 7.71. The lowest BCUT2D eigenvalue weighted by Crippen LogP contribution is -3.13. The van der Waals surface area contributed by atoms with Crippen LogP contribution in [-0.4, -0.2) is 38.6 Å². The number of nitrogens with one attached hydrogen (secondary N) is 1. The quantitative estimate of drug-likeness (QED) is 0.531. The van der Waals surface area contributed by atoms with Crippen LogP contribution in [0.3, 0.4) is 0 Å². The Labute approximate surface area is 197 Å². The first-order valence-electron chi connectivity index (χ1n) is 10.6. The van der Waals surface area contributed by atoms with Gasteiger partial charge in [0.2, 0.25) is 4.77 Å². The summed E-state index contributed by atoms with van der Waals surface area (Å²) in [6, 6.07) is 13.7.